The van der Waals surface area contributed by atoms with Crippen LogP contribution in [0.5, 0.6) is 17.2 Å². The van der Waals surface area contributed by atoms with Gasteiger partial charge in [0.15, 0.2) is 23.9 Å². The first-order valence-corrected chi connectivity index (χ1v) is 10.6. The van der Waals surface area contributed by atoms with Crippen molar-refractivity contribution in [1.29, 1.82) is 0 Å². The van der Waals surface area contributed by atoms with Crippen molar-refractivity contribution >= 4 is 63.9 Å². The second-order valence-corrected chi connectivity index (χ2v) is 8.03. The molecule has 4 nitrogen and oxygen atoms in total. The monoisotopic (exact) mass is 521 g/mol. The highest BCUT2D eigenvalue weighted by molar-refractivity contribution is 6.55. The summed E-state index contributed by atoms with van der Waals surface area (Å²) in [7, 11) is 0. The van der Waals surface area contributed by atoms with Crippen molar-refractivity contribution in [2.75, 3.05) is 6.61 Å². The van der Waals surface area contributed by atoms with Gasteiger partial charge in [0.2, 0.25) is 0 Å². The Morgan fingerprint density at radius 3 is 2.03 bits per heavy atom. The topological polar surface area (TPSA) is 47.6 Å². The lowest BCUT2D eigenvalue weighted by Gasteiger charge is -2.13. The Hall–Kier alpha value is -1.89. The highest BCUT2D eigenvalue weighted by atomic mass is 35.5. The number of carbonyl (C=O) groups is 1. The van der Waals surface area contributed by atoms with E-state index in [4.69, 9.17) is 67.5 Å². The molecule has 0 bridgehead atoms. The third-order valence-electron chi connectivity index (χ3n) is 3.99. The van der Waals surface area contributed by atoms with Crippen LogP contribution in [-0.4, -0.2) is 12.5 Å². The Morgan fingerprint density at radius 2 is 1.42 bits per heavy atom. The van der Waals surface area contributed by atoms with Gasteiger partial charge >= 0.3 is 0 Å². The van der Waals surface area contributed by atoms with Crippen LogP contribution in [0.2, 0.25) is 25.1 Å². The predicted octanol–water partition coefficient (Wildman–Crippen LogP) is 7.58. The van der Waals surface area contributed by atoms with Crippen molar-refractivity contribution in [3.8, 4) is 17.2 Å². The highest BCUT2D eigenvalue weighted by Crippen LogP contribution is 2.48. The molecule has 162 valence electrons. The van der Waals surface area contributed by atoms with Gasteiger partial charge in [0.25, 0.3) is 5.91 Å². The fourth-order valence-corrected chi connectivity index (χ4v) is 3.66. The second kappa shape index (κ2) is 10.6. The van der Waals surface area contributed by atoms with Gasteiger partial charge in [-0.15, -0.1) is 0 Å². The van der Waals surface area contributed by atoms with Crippen LogP contribution in [-0.2, 0) is 11.3 Å². The number of halogens is 6. The maximum atomic E-state index is 13.7. The van der Waals surface area contributed by atoms with E-state index in [9.17, 15) is 9.18 Å². The molecule has 0 aliphatic heterocycles. The molecule has 3 aromatic rings. The lowest BCUT2D eigenvalue weighted by molar-refractivity contribution is -0.123. The van der Waals surface area contributed by atoms with Crippen molar-refractivity contribution in [2.45, 2.75) is 6.54 Å². The molecule has 0 aliphatic rings. The lowest BCUT2D eigenvalue weighted by Crippen LogP contribution is -2.28. The zero-order chi connectivity index (χ0) is 22.5. The van der Waals surface area contributed by atoms with E-state index in [-0.39, 0.29) is 49.8 Å². The summed E-state index contributed by atoms with van der Waals surface area (Å²) in [6, 6.07) is 12.9. The normalized spacial score (nSPS) is 10.6. The lowest BCUT2D eigenvalue weighted by atomic mass is 10.2. The Kier molecular flexibility index (Phi) is 8.14. The highest BCUT2D eigenvalue weighted by Gasteiger charge is 2.21. The minimum atomic E-state index is -0.456. The van der Waals surface area contributed by atoms with Gasteiger partial charge in [-0.25, -0.2) is 4.39 Å². The summed E-state index contributed by atoms with van der Waals surface area (Å²) >= 11 is 30.0. The second-order valence-electron chi connectivity index (χ2n) is 6.14. The minimum Gasteiger partial charge on any atom is -0.481 e. The molecule has 10 heteroatoms. The molecule has 0 aromatic heterocycles. The first-order valence-electron chi connectivity index (χ1n) is 8.70. The summed E-state index contributed by atoms with van der Waals surface area (Å²) < 4.78 is 24.5. The van der Waals surface area contributed by atoms with Gasteiger partial charge < -0.3 is 14.8 Å². The fraction of sp³-hybridized carbons (Fsp3) is 0.0952. The van der Waals surface area contributed by atoms with E-state index in [1.807, 2.05) is 0 Å². The predicted molar refractivity (Wildman–Crippen MR) is 122 cm³/mol. The summed E-state index contributed by atoms with van der Waals surface area (Å²) in [5.41, 5.74) is 0.794. The van der Waals surface area contributed by atoms with Crippen LogP contribution < -0.4 is 14.8 Å². The molecule has 0 fully saturated rings. The molecule has 1 N–H and O–H groups in total. The first-order chi connectivity index (χ1) is 14.8. The zero-order valence-corrected chi connectivity index (χ0v) is 19.3. The van der Waals surface area contributed by atoms with Crippen LogP contribution in [0.4, 0.5) is 4.39 Å². The van der Waals surface area contributed by atoms with E-state index in [0.29, 0.717) is 5.75 Å². The fourth-order valence-electron chi connectivity index (χ4n) is 2.43. The zero-order valence-electron chi connectivity index (χ0n) is 15.5. The summed E-state index contributed by atoms with van der Waals surface area (Å²) in [5, 5.41) is 2.55. The van der Waals surface area contributed by atoms with Gasteiger partial charge in [0, 0.05) is 6.54 Å². The smallest absolute Gasteiger partial charge is 0.258 e. The van der Waals surface area contributed by atoms with Crippen molar-refractivity contribution in [2.24, 2.45) is 0 Å². The summed E-state index contributed by atoms with van der Waals surface area (Å²) in [4.78, 5) is 12.1. The third kappa shape index (κ3) is 5.88. The Labute approximate surface area is 202 Å². The number of nitrogens with one attached hydrogen (secondary N) is 1. The standard InChI is InChI=1S/C21H13Cl5FNO3/c22-16-17(23)19(25)21(20(26)18(16)24)30-10-15(29)28-9-11-5-7-12(8-6-11)31-14-4-2-1-3-13(14)27/h1-8H,9-10H2,(H,28,29). The van der Waals surface area contributed by atoms with Gasteiger partial charge in [0.05, 0.1) is 15.1 Å². The molecule has 0 aliphatic carbocycles. The van der Waals surface area contributed by atoms with E-state index >= 15 is 0 Å². The molecule has 0 radical (unpaired) electrons. The van der Waals surface area contributed by atoms with Gasteiger partial charge in [-0.1, -0.05) is 82.3 Å². The van der Waals surface area contributed by atoms with Crippen LogP contribution in [0, 0.1) is 5.82 Å². The quantitative estimate of drug-likeness (QED) is 0.257. The molecule has 0 unspecified atom stereocenters. The van der Waals surface area contributed by atoms with Crippen molar-refractivity contribution in [3.63, 3.8) is 0 Å². The van der Waals surface area contributed by atoms with E-state index in [2.05, 4.69) is 5.32 Å². The number of hydrogen-bond acceptors (Lipinski definition) is 3. The number of benzene rings is 3. The van der Waals surface area contributed by atoms with E-state index < -0.39 is 11.7 Å². The molecule has 0 spiro atoms. The molecule has 1 amide bonds. The third-order valence-corrected chi connectivity index (χ3v) is 6.24. The molecule has 0 heterocycles. The molecule has 0 saturated carbocycles. The van der Waals surface area contributed by atoms with E-state index in [1.165, 1.54) is 12.1 Å². The van der Waals surface area contributed by atoms with Crippen LogP contribution in [0.3, 0.4) is 0 Å². The average molecular weight is 524 g/mol. The average Bonchev–Trinajstić information content (AvgIpc) is 2.77. The molecule has 3 rings (SSSR count). The maximum Gasteiger partial charge on any atom is 0.258 e. The molecule has 31 heavy (non-hydrogen) atoms. The molecule has 0 atom stereocenters. The number of ether oxygens (including phenoxy) is 2. The van der Waals surface area contributed by atoms with E-state index in [0.717, 1.165) is 5.56 Å². The molecular weight excluding hydrogens is 510 g/mol. The van der Waals surface area contributed by atoms with Crippen LogP contribution in [0.15, 0.2) is 48.5 Å². The number of hydrogen-bond donors (Lipinski definition) is 1. The summed E-state index contributed by atoms with van der Waals surface area (Å²) in [6.45, 7) is -0.145. The molecule has 3 aromatic carbocycles. The molecular formula is C21H13Cl5FNO3. The van der Waals surface area contributed by atoms with Crippen molar-refractivity contribution in [3.05, 3.63) is 85.0 Å². The van der Waals surface area contributed by atoms with Crippen LogP contribution >= 0.6 is 58.0 Å². The number of amides is 1. The Morgan fingerprint density at radius 1 is 0.839 bits per heavy atom. The number of rotatable bonds is 7. The largest absolute Gasteiger partial charge is 0.481 e. The van der Waals surface area contributed by atoms with Gasteiger partial charge in [-0.3, -0.25) is 4.79 Å². The SMILES string of the molecule is O=C(COc1c(Cl)c(Cl)c(Cl)c(Cl)c1Cl)NCc1ccc(Oc2ccccc2F)cc1. The van der Waals surface area contributed by atoms with Gasteiger partial charge in [0.1, 0.15) is 15.8 Å². The van der Waals surface area contributed by atoms with Gasteiger partial charge in [-0.05, 0) is 29.8 Å². The Bertz CT molecular complexity index is 1080. The Balaban J connectivity index is 1.54. The number of carbonyl (C=O) groups excluding carboxylic acids is 1. The molecule has 0 saturated heterocycles. The first kappa shape index (κ1) is 23.8. The van der Waals surface area contributed by atoms with Crippen LogP contribution in [0.25, 0.3) is 0 Å². The van der Waals surface area contributed by atoms with E-state index in [1.54, 1.807) is 36.4 Å². The summed E-state index contributed by atoms with van der Waals surface area (Å²) in [6.07, 6.45) is 0. The van der Waals surface area contributed by atoms with Crippen LogP contribution in [0.1, 0.15) is 5.56 Å². The van der Waals surface area contributed by atoms with Crippen molar-refractivity contribution < 1.29 is 18.7 Å². The number of para-hydroxylation sites is 1. The minimum absolute atomic E-state index is 0.00226. The van der Waals surface area contributed by atoms with Gasteiger partial charge in [-0.2, -0.15) is 0 Å². The summed E-state index contributed by atoms with van der Waals surface area (Å²) in [5.74, 6) is -0.333. The maximum absolute atomic E-state index is 13.7. The van der Waals surface area contributed by atoms with Crippen molar-refractivity contribution in [1.82, 2.24) is 5.32 Å².